The molecule has 0 aliphatic heterocycles. The first kappa shape index (κ1) is 9.82. The van der Waals surface area contributed by atoms with Crippen molar-refractivity contribution in [1.29, 1.82) is 0 Å². The van der Waals surface area contributed by atoms with Crippen molar-refractivity contribution in [3.63, 3.8) is 0 Å². The number of aliphatic hydroxyl groups excluding tert-OH is 1. The normalized spacial score (nSPS) is 9.46. The number of unbranched alkanes of at least 4 members (excludes halogenated alkanes) is 1. The van der Waals surface area contributed by atoms with Gasteiger partial charge in [0.25, 0.3) is 0 Å². The third-order valence-corrected chi connectivity index (χ3v) is 1.79. The third-order valence-electron chi connectivity index (χ3n) is 1.79. The number of aliphatic hydroxyl groups is 1. The molecular weight excluding hydrogens is 164 g/mol. The summed E-state index contributed by atoms with van der Waals surface area (Å²) in [6.07, 6.45) is 3.28. The molecule has 0 amide bonds. The Hall–Kier alpha value is -1.27. The van der Waals surface area contributed by atoms with E-state index in [0.29, 0.717) is 0 Å². The minimum Gasteiger partial charge on any atom is -0.396 e. The van der Waals surface area contributed by atoms with Gasteiger partial charge < -0.3 is 5.11 Å². The molecule has 3 heteroatoms. The first-order valence-corrected chi connectivity index (χ1v) is 4.34. The van der Waals surface area contributed by atoms with E-state index >= 15 is 0 Å². The Kier molecular flexibility index (Phi) is 3.53. The molecule has 0 aliphatic rings. The van der Waals surface area contributed by atoms with Crippen LogP contribution in [0.15, 0.2) is 6.20 Å². The molecule has 0 radical (unpaired) electrons. The maximum Gasteiger partial charge on any atom is 0.113 e. The van der Waals surface area contributed by atoms with Crippen molar-refractivity contribution in [3.8, 4) is 11.8 Å². The average molecular weight is 178 g/mol. The quantitative estimate of drug-likeness (QED) is 0.538. The molecule has 0 atom stereocenters. The molecule has 0 saturated carbocycles. The highest BCUT2D eigenvalue weighted by Crippen LogP contribution is 2.02. The van der Waals surface area contributed by atoms with E-state index in [0.717, 1.165) is 24.1 Å². The molecule has 0 aliphatic carbocycles. The smallest absolute Gasteiger partial charge is 0.113 e. The van der Waals surface area contributed by atoms with Crippen LogP contribution in [0.4, 0.5) is 0 Å². The predicted molar refractivity (Wildman–Crippen MR) is 51.1 cm³/mol. The minimum absolute atomic E-state index is 0.207. The lowest BCUT2D eigenvalue weighted by atomic mass is 10.2. The Morgan fingerprint density at radius 3 is 2.92 bits per heavy atom. The van der Waals surface area contributed by atoms with Gasteiger partial charge in [0.2, 0.25) is 0 Å². The lowest BCUT2D eigenvalue weighted by molar-refractivity contribution is 0.290. The van der Waals surface area contributed by atoms with Crippen LogP contribution >= 0.6 is 0 Å². The van der Waals surface area contributed by atoms with Crippen LogP contribution in [0, 0.1) is 18.8 Å². The molecule has 70 valence electrons. The van der Waals surface area contributed by atoms with E-state index in [1.54, 1.807) is 10.9 Å². The minimum atomic E-state index is 0.207. The van der Waals surface area contributed by atoms with Gasteiger partial charge in [0.15, 0.2) is 0 Å². The second-order valence-corrected chi connectivity index (χ2v) is 2.93. The van der Waals surface area contributed by atoms with E-state index in [-0.39, 0.29) is 6.61 Å². The van der Waals surface area contributed by atoms with Crippen molar-refractivity contribution >= 4 is 0 Å². The topological polar surface area (TPSA) is 38.0 Å². The van der Waals surface area contributed by atoms with Crippen LogP contribution in [0.5, 0.6) is 0 Å². The first-order valence-electron chi connectivity index (χ1n) is 4.34. The number of aryl methyl sites for hydroxylation is 2. The summed E-state index contributed by atoms with van der Waals surface area (Å²) in [5.74, 6) is 6.03. The van der Waals surface area contributed by atoms with E-state index in [1.165, 1.54) is 0 Å². The molecule has 0 bridgehead atoms. The average Bonchev–Trinajstić information content (AvgIpc) is 2.42. The summed E-state index contributed by atoms with van der Waals surface area (Å²) in [4.78, 5) is 0. The molecule has 3 nitrogen and oxygen atoms in total. The number of hydrogen-bond acceptors (Lipinski definition) is 2. The standard InChI is InChI=1S/C10H14N2O/c1-9-8-11-12(2)10(9)6-4-3-5-7-13/h8,13H,3,5,7H2,1-2H3. The van der Waals surface area contributed by atoms with Gasteiger partial charge in [-0.1, -0.05) is 5.92 Å². The molecule has 13 heavy (non-hydrogen) atoms. The van der Waals surface area contributed by atoms with E-state index in [4.69, 9.17) is 5.11 Å². The second-order valence-electron chi connectivity index (χ2n) is 2.93. The van der Waals surface area contributed by atoms with E-state index in [1.807, 2.05) is 14.0 Å². The van der Waals surface area contributed by atoms with Crippen LogP contribution in [0.25, 0.3) is 0 Å². The fraction of sp³-hybridized carbons (Fsp3) is 0.500. The number of hydrogen-bond donors (Lipinski definition) is 1. The molecule has 1 aromatic heterocycles. The summed E-state index contributed by atoms with van der Waals surface area (Å²) < 4.78 is 1.77. The van der Waals surface area contributed by atoms with Crippen LogP contribution in [0.3, 0.4) is 0 Å². The lowest BCUT2D eigenvalue weighted by Gasteiger charge is -1.92. The molecule has 0 saturated heterocycles. The Morgan fingerprint density at radius 1 is 1.62 bits per heavy atom. The van der Waals surface area contributed by atoms with Crippen LogP contribution in [-0.4, -0.2) is 21.5 Å². The summed E-state index contributed by atoms with van der Waals surface area (Å²) in [6.45, 7) is 2.20. The van der Waals surface area contributed by atoms with E-state index < -0.39 is 0 Å². The highest BCUT2D eigenvalue weighted by Gasteiger charge is 1.98. The van der Waals surface area contributed by atoms with Gasteiger partial charge in [0.05, 0.1) is 6.20 Å². The van der Waals surface area contributed by atoms with Gasteiger partial charge in [-0.15, -0.1) is 0 Å². The predicted octanol–water partition coefficient (Wildman–Crippen LogP) is 0.853. The summed E-state index contributed by atoms with van der Waals surface area (Å²) in [6, 6.07) is 0. The van der Waals surface area contributed by atoms with Crippen molar-refractivity contribution in [1.82, 2.24) is 9.78 Å². The zero-order valence-electron chi connectivity index (χ0n) is 8.04. The summed E-state index contributed by atoms with van der Waals surface area (Å²) in [5, 5.41) is 12.6. The molecule has 1 heterocycles. The van der Waals surface area contributed by atoms with Crippen LogP contribution in [0.1, 0.15) is 24.1 Å². The third kappa shape index (κ3) is 2.60. The number of aromatic nitrogens is 2. The second kappa shape index (κ2) is 4.68. The van der Waals surface area contributed by atoms with Gasteiger partial charge in [-0.25, -0.2) is 0 Å². The summed E-state index contributed by atoms with van der Waals surface area (Å²) >= 11 is 0. The Morgan fingerprint density at radius 2 is 2.38 bits per heavy atom. The molecule has 0 spiro atoms. The zero-order valence-corrected chi connectivity index (χ0v) is 8.04. The maximum atomic E-state index is 8.55. The lowest BCUT2D eigenvalue weighted by Crippen LogP contribution is -1.94. The zero-order chi connectivity index (χ0) is 9.68. The van der Waals surface area contributed by atoms with Crippen LogP contribution < -0.4 is 0 Å². The Labute approximate surface area is 78.4 Å². The number of rotatable bonds is 2. The van der Waals surface area contributed by atoms with Gasteiger partial charge in [0.1, 0.15) is 5.69 Å². The van der Waals surface area contributed by atoms with Crippen molar-refractivity contribution in [2.45, 2.75) is 19.8 Å². The highest BCUT2D eigenvalue weighted by atomic mass is 16.2. The fourth-order valence-electron chi connectivity index (χ4n) is 1.04. The van der Waals surface area contributed by atoms with Crippen molar-refractivity contribution in [2.24, 2.45) is 7.05 Å². The van der Waals surface area contributed by atoms with Crippen molar-refractivity contribution < 1.29 is 5.11 Å². The molecule has 0 unspecified atom stereocenters. The van der Waals surface area contributed by atoms with Crippen LogP contribution in [0.2, 0.25) is 0 Å². The molecule has 1 aromatic rings. The summed E-state index contributed by atoms with van der Waals surface area (Å²) in [7, 11) is 1.88. The highest BCUT2D eigenvalue weighted by molar-refractivity contribution is 5.33. The fourth-order valence-corrected chi connectivity index (χ4v) is 1.04. The first-order chi connectivity index (χ1) is 6.25. The van der Waals surface area contributed by atoms with Gasteiger partial charge in [-0.05, 0) is 19.3 Å². The summed E-state index contributed by atoms with van der Waals surface area (Å²) in [5.41, 5.74) is 2.05. The van der Waals surface area contributed by atoms with Gasteiger partial charge >= 0.3 is 0 Å². The molecule has 0 fully saturated rings. The van der Waals surface area contributed by atoms with Crippen molar-refractivity contribution in [2.75, 3.05) is 6.61 Å². The SMILES string of the molecule is Cc1cnn(C)c1C#CCCCO. The Balaban J connectivity index is 2.65. The molecular formula is C10H14N2O. The van der Waals surface area contributed by atoms with E-state index in [9.17, 15) is 0 Å². The van der Waals surface area contributed by atoms with Gasteiger partial charge in [-0.3, -0.25) is 4.68 Å². The molecule has 0 aromatic carbocycles. The van der Waals surface area contributed by atoms with Crippen LogP contribution in [-0.2, 0) is 7.05 Å². The monoisotopic (exact) mass is 178 g/mol. The number of nitrogens with zero attached hydrogens (tertiary/aromatic N) is 2. The molecule has 1 N–H and O–H groups in total. The Bertz CT molecular complexity index is 311. The molecule has 1 rings (SSSR count). The van der Waals surface area contributed by atoms with E-state index in [2.05, 4.69) is 16.9 Å². The van der Waals surface area contributed by atoms with Gasteiger partial charge in [0, 0.05) is 25.6 Å². The van der Waals surface area contributed by atoms with Crippen molar-refractivity contribution in [3.05, 3.63) is 17.5 Å². The van der Waals surface area contributed by atoms with Gasteiger partial charge in [-0.2, -0.15) is 5.10 Å². The largest absolute Gasteiger partial charge is 0.396 e. The maximum absolute atomic E-state index is 8.55.